The highest BCUT2D eigenvalue weighted by molar-refractivity contribution is 5.64. The topological polar surface area (TPSA) is 58.8 Å². The lowest BCUT2D eigenvalue weighted by Gasteiger charge is -2.04. The quantitative estimate of drug-likeness (QED) is 0.762. The standard InChI is InChI=1S/C12H9N3O/c1-16-12-10(6-13)5-11(8-15-12)9-3-2-4-14-7-9/h2-5,7-8H,1H3. The first kappa shape index (κ1) is 10.1. The fourth-order valence-corrected chi connectivity index (χ4v) is 1.39. The monoisotopic (exact) mass is 211 g/mol. The van der Waals surface area contributed by atoms with Crippen LogP contribution in [0.1, 0.15) is 5.56 Å². The van der Waals surface area contributed by atoms with Gasteiger partial charge in [0.2, 0.25) is 5.88 Å². The zero-order chi connectivity index (χ0) is 11.4. The zero-order valence-electron chi connectivity index (χ0n) is 8.71. The fourth-order valence-electron chi connectivity index (χ4n) is 1.39. The average molecular weight is 211 g/mol. The van der Waals surface area contributed by atoms with E-state index in [1.165, 1.54) is 7.11 Å². The van der Waals surface area contributed by atoms with Crippen molar-refractivity contribution < 1.29 is 4.74 Å². The van der Waals surface area contributed by atoms with E-state index in [2.05, 4.69) is 9.97 Å². The van der Waals surface area contributed by atoms with E-state index in [9.17, 15) is 0 Å². The van der Waals surface area contributed by atoms with E-state index < -0.39 is 0 Å². The van der Waals surface area contributed by atoms with Crippen LogP contribution in [-0.2, 0) is 0 Å². The van der Waals surface area contributed by atoms with Crippen molar-refractivity contribution in [3.8, 4) is 23.1 Å². The first-order valence-electron chi connectivity index (χ1n) is 4.69. The summed E-state index contributed by atoms with van der Waals surface area (Å²) in [5.41, 5.74) is 2.20. The van der Waals surface area contributed by atoms with E-state index >= 15 is 0 Å². The van der Waals surface area contributed by atoms with Crippen LogP contribution in [0.25, 0.3) is 11.1 Å². The van der Waals surface area contributed by atoms with Gasteiger partial charge in [0, 0.05) is 29.7 Å². The second-order valence-corrected chi connectivity index (χ2v) is 3.13. The first-order chi connectivity index (χ1) is 7.85. The Balaban J connectivity index is 2.49. The number of nitriles is 1. The van der Waals surface area contributed by atoms with Gasteiger partial charge in [-0.3, -0.25) is 4.98 Å². The van der Waals surface area contributed by atoms with Crippen molar-refractivity contribution in [2.75, 3.05) is 7.11 Å². The Bertz CT molecular complexity index is 532. The highest BCUT2D eigenvalue weighted by Crippen LogP contribution is 2.22. The summed E-state index contributed by atoms with van der Waals surface area (Å²) >= 11 is 0. The number of aromatic nitrogens is 2. The van der Waals surface area contributed by atoms with Crippen LogP contribution in [0.5, 0.6) is 5.88 Å². The smallest absolute Gasteiger partial charge is 0.231 e. The van der Waals surface area contributed by atoms with Crippen molar-refractivity contribution in [2.24, 2.45) is 0 Å². The normalized spacial score (nSPS) is 9.50. The van der Waals surface area contributed by atoms with E-state index in [1.807, 2.05) is 18.2 Å². The summed E-state index contributed by atoms with van der Waals surface area (Å²) in [6.07, 6.45) is 5.09. The Labute approximate surface area is 93.2 Å². The molecular formula is C12H9N3O. The predicted molar refractivity (Wildman–Crippen MR) is 58.7 cm³/mol. The third-order valence-electron chi connectivity index (χ3n) is 2.16. The summed E-state index contributed by atoms with van der Waals surface area (Å²) < 4.78 is 4.98. The third kappa shape index (κ3) is 1.84. The van der Waals surface area contributed by atoms with Gasteiger partial charge in [-0.1, -0.05) is 6.07 Å². The van der Waals surface area contributed by atoms with Crippen molar-refractivity contribution in [1.29, 1.82) is 5.26 Å². The Morgan fingerprint density at radius 3 is 2.81 bits per heavy atom. The third-order valence-corrected chi connectivity index (χ3v) is 2.16. The van der Waals surface area contributed by atoms with Crippen molar-refractivity contribution >= 4 is 0 Å². The Kier molecular flexibility index (Phi) is 2.79. The van der Waals surface area contributed by atoms with Crippen LogP contribution in [0.4, 0.5) is 0 Å². The fraction of sp³-hybridized carbons (Fsp3) is 0.0833. The first-order valence-corrected chi connectivity index (χ1v) is 4.69. The molecule has 0 saturated carbocycles. The van der Waals surface area contributed by atoms with E-state index in [1.54, 1.807) is 24.7 Å². The van der Waals surface area contributed by atoms with E-state index in [4.69, 9.17) is 10.00 Å². The number of nitrogens with zero attached hydrogens (tertiary/aromatic N) is 3. The molecule has 0 aliphatic rings. The number of hydrogen-bond acceptors (Lipinski definition) is 4. The molecule has 16 heavy (non-hydrogen) atoms. The van der Waals surface area contributed by atoms with Crippen molar-refractivity contribution in [1.82, 2.24) is 9.97 Å². The second-order valence-electron chi connectivity index (χ2n) is 3.13. The number of ether oxygens (including phenoxy) is 1. The molecule has 2 aromatic heterocycles. The van der Waals surface area contributed by atoms with Crippen molar-refractivity contribution in [3.63, 3.8) is 0 Å². The summed E-state index contributed by atoms with van der Waals surface area (Å²) in [6, 6.07) is 7.54. The number of rotatable bonds is 2. The molecule has 78 valence electrons. The molecule has 0 aliphatic carbocycles. The molecule has 0 amide bonds. The molecule has 2 aromatic rings. The zero-order valence-corrected chi connectivity index (χ0v) is 8.71. The summed E-state index contributed by atoms with van der Waals surface area (Å²) in [6.45, 7) is 0. The summed E-state index contributed by atoms with van der Waals surface area (Å²) in [5, 5.41) is 8.94. The molecule has 0 radical (unpaired) electrons. The number of methoxy groups -OCH3 is 1. The van der Waals surface area contributed by atoms with E-state index in [0.717, 1.165) is 11.1 Å². The largest absolute Gasteiger partial charge is 0.480 e. The summed E-state index contributed by atoms with van der Waals surface area (Å²) in [4.78, 5) is 8.09. The van der Waals surface area contributed by atoms with Crippen LogP contribution >= 0.6 is 0 Å². The molecule has 0 saturated heterocycles. The van der Waals surface area contributed by atoms with Crippen LogP contribution in [-0.4, -0.2) is 17.1 Å². The van der Waals surface area contributed by atoms with Crippen LogP contribution in [0.3, 0.4) is 0 Å². The van der Waals surface area contributed by atoms with Gasteiger partial charge in [-0.2, -0.15) is 5.26 Å². The molecule has 0 atom stereocenters. The molecular weight excluding hydrogens is 202 g/mol. The molecule has 0 bridgehead atoms. The van der Waals surface area contributed by atoms with Crippen LogP contribution in [0.15, 0.2) is 36.8 Å². The van der Waals surface area contributed by atoms with Crippen LogP contribution in [0.2, 0.25) is 0 Å². The van der Waals surface area contributed by atoms with Gasteiger partial charge in [0.15, 0.2) is 0 Å². The Morgan fingerprint density at radius 2 is 2.19 bits per heavy atom. The molecule has 4 nitrogen and oxygen atoms in total. The van der Waals surface area contributed by atoms with Gasteiger partial charge in [-0.05, 0) is 12.1 Å². The molecule has 0 unspecified atom stereocenters. The molecule has 0 spiro atoms. The van der Waals surface area contributed by atoms with Crippen molar-refractivity contribution in [2.45, 2.75) is 0 Å². The maximum Gasteiger partial charge on any atom is 0.231 e. The lowest BCUT2D eigenvalue weighted by atomic mass is 10.1. The minimum absolute atomic E-state index is 0.343. The molecule has 0 fully saturated rings. The highest BCUT2D eigenvalue weighted by Gasteiger charge is 2.06. The predicted octanol–water partition coefficient (Wildman–Crippen LogP) is 2.02. The minimum Gasteiger partial charge on any atom is -0.480 e. The van der Waals surface area contributed by atoms with Gasteiger partial charge in [0.05, 0.1) is 7.11 Å². The highest BCUT2D eigenvalue weighted by atomic mass is 16.5. The molecule has 2 heterocycles. The number of hydrogen-bond donors (Lipinski definition) is 0. The Morgan fingerprint density at radius 1 is 1.31 bits per heavy atom. The summed E-state index contributed by atoms with van der Waals surface area (Å²) in [5.74, 6) is 0.343. The molecule has 2 rings (SSSR count). The SMILES string of the molecule is COc1ncc(-c2cccnc2)cc1C#N. The van der Waals surface area contributed by atoms with Crippen LogP contribution < -0.4 is 4.74 Å². The molecule has 0 N–H and O–H groups in total. The van der Waals surface area contributed by atoms with Gasteiger partial charge in [0.1, 0.15) is 11.6 Å². The second kappa shape index (κ2) is 4.41. The maximum absolute atomic E-state index is 8.94. The lowest BCUT2D eigenvalue weighted by Crippen LogP contribution is -1.92. The number of pyridine rings is 2. The lowest BCUT2D eigenvalue weighted by molar-refractivity contribution is 0.396. The van der Waals surface area contributed by atoms with Crippen molar-refractivity contribution in [3.05, 3.63) is 42.4 Å². The maximum atomic E-state index is 8.94. The summed E-state index contributed by atoms with van der Waals surface area (Å²) in [7, 11) is 1.49. The molecule has 4 heteroatoms. The van der Waals surface area contributed by atoms with Gasteiger partial charge >= 0.3 is 0 Å². The van der Waals surface area contributed by atoms with E-state index in [-0.39, 0.29) is 0 Å². The molecule has 0 aliphatic heterocycles. The minimum atomic E-state index is 0.343. The van der Waals surface area contributed by atoms with Crippen LogP contribution in [0, 0.1) is 11.3 Å². The average Bonchev–Trinajstić information content (AvgIpc) is 2.39. The van der Waals surface area contributed by atoms with Gasteiger partial charge in [-0.25, -0.2) is 4.98 Å². The Hall–Kier alpha value is -2.41. The molecule has 0 aromatic carbocycles. The van der Waals surface area contributed by atoms with Gasteiger partial charge < -0.3 is 4.74 Å². The van der Waals surface area contributed by atoms with Gasteiger partial charge in [0.25, 0.3) is 0 Å². The van der Waals surface area contributed by atoms with E-state index in [0.29, 0.717) is 11.4 Å². The van der Waals surface area contributed by atoms with Gasteiger partial charge in [-0.15, -0.1) is 0 Å².